The lowest BCUT2D eigenvalue weighted by Crippen LogP contribution is -2.43. The van der Waals surface area contributed by atoms with E-state index in [0.29, 0.717) is 17.2 Å². The van der Waals surface area contributed by atoms with Crippen LogP contribution in [0, 0.1) is 6.92 Å². The van der Waals surface area contributed by atoms with Gasteiger partial charge in [0.15, 0.2) is 11.5 Å². The Bertz CT molecular complexity index is 1030. The molecule has 1 aliphatic heterocycles. The monoisotopic (exact) mass is 491 g/mol. The molecule has 6 nitrogen and oxygen atoms in total. The van der Waals surface area contributed by atoms with Crippen molar-refractivity contribution in [2.75, 3.05) is 52.4 Å². The van der Waals surface area contributed by atoms with E-state index in [2.05, 4.69) is 46.4 Å². The maximum absolute atomic E-state index is 5.53. The maximum atomic E-state index is 5.53. The number of pyridine rings is 1. The first-order chi connectivity index (χ1) is 15.2. The van der Waals surface area contributed by atoms with Crippen LogP contribution in [0.4, 0.5) is 5.69 Å². The molecule has 1 aromatic heterocycles. The molecule has 0 amide bonds. The molecule has 1 fully saturated rings. The van der Waals surface area contributed by atoms with Gasteiger partial charge < -0.3 is 24.4 Å². The Kier molecular flexibility index (Phi) is 9.65. The van der Waals surface area contributed by atoms with Crippen LogP contribution < -0.4 is 24.4 Å². The van der Waals surface area contributed by atoms with Gasteiger partial charge in [-0.15, -0.1) is 24.8 Å². The topological polar surface area (TPSA) is 55.9 Å². The molecule has 1 aliphatic rings. The van der Waals surface area contributed by atoms with Gasteiger partial charge >= 0.3 is 0 Å². The van der Waals surface area contributed by atoms with Gasteiger partial charge in [-0.2, -0.15) is 0 Å². The number of ether oxygens (including phenoxy) is 3. The lowest BCUT2D eigenvalue weighted by atomic mass is 9.95. The van der Waals surface area contributed by atoms with Gasteiger partial charge in [-0.05, 0) is 47.9 Å². The quantitative estimate of drug-likeness (QED) is 0.523. The molecule has 1 N–H and O–H groups in total. The van der Waals surface area contributed by atoms with Gasteiger partial charge in [0, 0.05) is 55.4 Å². The third-order valence-corrected chi connectivity index (χ3v) is 5.85. The summed E-state index contributed by atoms with van der Waals surface area (Å²) in [5.41, 5.74) is 6.67. The van der Waals surface area contributed by atoms with E-state index in [0.717, 1.165) is 54.0 Å². The lowest BCUT2D eigenvalue weighted by Gasteiger charge is -2.29. The molecule has 0 atom stereocenters. The molecule has 0 saturated carbocycles. The summed E-state index contributed by atoms with van der Waals surface area (Å²) in [4.78, 5) is 6.95. The van der Waals surface area contributed by atoms with Gasteiger partial charge in [0.25, 0.3) is 0 Å². The highest BCUT2D eigenvalue weighted by atomic mass is 35.5. The zero-order valence-corrected chi connectivity index (χ0v) is 21.0. The minimum Gasteiger partial charge on any atom is -0.493 e. The van der Waals surface area contributed by atoms with Crippen molar-refractivity contribution >= 4 is 30.5 Å². The summed E-state index contributed by atoms with van der Waals surface area (Å²) in [7, 11) is 4.86. The summed E-state index contributed by atoms with van der Waals surface area (Å²) in [6.07, 6.45) is 3.81. The molecule has 178 valence electrons. The Balaban J connectivity index is 0.00000193. The zero-order chi connectivity index (χ0) is 21.8. The van der Waals surface area contributed by atoms with Crippen LogP contribution in [0.1, 0.15) is 5.56 Å². The molecule has 0 bridgehead atoms. The van der Waals surface area contributed by atoms with E-state index in [1.165, 1.54) is 5.69 Å². The van der Waals surface area contributed by atoms with Crippen LogP contribution in [0.2, 0.25) is 0 Å². The third kappa shape index (κ3) is 5.46. The molecule has 8 heteroatoms. The summed E-state index contributed by atoms with van der Waals surface area (Å²) in [6.45, 7) is 6.26. The van der Waals surface area contributed by atoms with Crippen LogP contribution in [0.3, 0.4) is 0 Å². The summed E-state index contributed by atoms with van der Waals surface area (Å²) in [5.74, 6) is 1.84. The minimum absolute atomic E-state index is 0. The van der Waals surface area contributed by atoms with Gasteiger partial charge in [-0.3, -0.25) is 4.98 Å². The van der Waals surface area contributed by atoms with Crippen LogP contribution in [-0.4, -0.2) is 52.5 Å². The maximum Gasteiger partial charge on any atom is 0.203 e. The van der Waals surface area contributed by atoms with Crippen molar-refractivity contribution < 1.29 is 14.2 Å². The van der Waals surface area contributed by atoms with E-state index in [1.54, 1.807) is 21.3 Å². The van der Waals surface area contributed by atoms with Crippen LogP contribution in [0.15, 0.2) is 48.8 Å². The average molecular weight is 492 g/mol. The number of hydrogen-bond donors (Lipinski definition) is 1. The van der Waals surface area contributed by atoms with E-state index in [9.17, 15) is 0 Å². The zero-order valence-electron chi connectivity index (χ0n) is 19.4. The SMILES string of the molecule is COc1cc(-c2cncc(-c3ccc(N4CCNCC4)cc3)c2C)cc(OC)c1OC.Cl.Cl. The van der Waals surface area contributed by atoms with Crippen LogP contribution >= 0.6 is 24.8 Å². The predicted octanol–water partition coefficient (Wildman–Crippen LogP) is 5.00. The smallest absolute Gasteiger partial charge is 0.203 e. The van der Waals surface area contributed by atoms with Crippen molar-refractivity contribution in [3.8, 4) is 39.5 Å². The highest BCUT2D eigenvalue weighted by Crippen LogP contribution is 2.42. The van der Waals surface area contributed by atoms with Crippen molar-refractivity contribution in [1.82, 2.24) is 10.3 Å². The molecular weight excluding hydrogens is 461 g/mol. The first kappa shape index (κ1) is 26.6. The van der Waals surface area contributed by atoms with E-state index in [-0.39, 0.29) is 24.8 Å². The number of rotatable bonds is 6. The summed E-state index contributed by atoms with van der Waals surface area (Å²) >= 11 is 0. The summed E-state index contributed by atoms with van der Waals surface area (Å²) < 4.78 is 16.5. The van der Waals surface area contributed by atoms with E-state index in [4.69, 9.17) is 14.2 Å². The fourth-order valence-corrected chi connectivity index (χ4v) is 4.12. The minimum atomic E-state index is 0. The third-order valence-electron chi connectivity index (χ3n) is 5.85. The van der Waals surface area contributed by atoms with Crippen LogP contribution in [-0.2, 0) is 0 Å². The van der Waals surface area contributed by atoms with Gasteiger partial charge in [0.1, 0.15) is 0 Å². The fraction of sp³-hybridized carbons (Fsp3) is 0.320. The summed E-state index contributed by atoms with van der Waals surface area (Å²) in [5, 5.41) is 3.40. The standard InChI is InChI=1S/C25H29N3O3.2ClH/c1-17-21(18-5-7-20(8-6-18)28-11-9-26-10-12-28)15-27-16-22(17)19-13-23(29-2)25(31-4)24(14-19)30-3;;/h5-8,13-16,26H,9-12H2,1-4H3;2*1H. The number of piperazine rings is 1. The Morgan fingerprint density at radius 2 is 1.33 bits per heavy atom. The average Bonchev–Trinajstić information content (AvgIpc) is 2.84. The Morgan fingerprint density at radius 1 is 0.788 bits per heavy atom. The molecule has 0 unspecified atom stereocenters. The predicted molar refractivity (Wildman–Crippen MR) is 139 cm³/mol. The molecule has 0 radical (unpaired) electrons. The second-order valence-corrected chi connectivity index (χ2v) is 7.56. The first-order valence-electron chi connectivity index (χ1n) is 10.5. The van der Waals surface area contributed by atoms with Crippen LogP contribution in [0.5, 0.6) is 17.2 Å². The largest absolute Gasteiger partial charge is 0.493 e. The van der Waals surface area contributed by atoms with Gasteiger partial charge in [0.2, 0.25) is 5.75 Å². The normalized spacial score (nSPS) is 12.9. The highest BCUT2D eigenvalue weighted by Gasteiger charge is 2.17. The number of hydrogen-bond acceptors (Lipinski definition) is 6. The molecule has 33 heavy (non-hydrogen) atoms. The van der Waals surface area contributed by atoms with Gasteiger partial charge in [0.05, 0.1) is 21.3 Å². The Hall–Kier alpha value is -2.67. The first-order valence-corrected chi connectivity index (χ1v) is 10.5. The Morgan fingerprint density at radius 3 is 1.85 bits per heavy atom. The van der Waals surface area contributed by atoms with Crippen LogP contribution in [0.25, 0.3) is 22.3 Å². The molecule has 2 heterocycles. The van der Waals surface area contributed by atoms with Crippen molar-refractivity contribution in [3.63, 3.8) is 0 Å². The number of nitrogens with one attached hydrogen (secondary N) is 1. The lowest BCUT2D eigenvalue weighted by molar-refractivity contribution is 0.324. The summed E-state index contributed by atoms with van der Waals surface area (Å²) in [6, 6.07) is 12.7. The molecule has 1 saturated heterocycles. The number of nitrogens with zero attached hydrogens (tertiary/aromatic N) is 2. The molecule has 3 aromatic rings. The molecule has 0 aliphatic carbocycles. The van der Waals surface area contributed by atoms with E-state index < -0.39 is 0 Å². The number of aromatic nitrogens is 1. The molecule has 0 spiro atoms. The second kappa shape index (κ2) is 12.0. The van der Waals surface area contributed by atoms with Crippen molar-refractivity contribution in [2.45, 2.75) is 6.92 Å². The van der Waals surface area contributed by atoms with E-state index in [1.807, 2.05) is 24.5 Å². The highest BCUT2D eigenvalue weighted by molar-refractivity contribution is 5.85. The fourth-order valence-electron chi connectivity index (χ4n) is 4.12. The van der Waals surface area contributed by atoms with Gasteiger partial charge in [-0.1, -0.05) is 12.1 Å². The van der Waals surface area contributed by atoms with Gasteiger partial charge in [-0.25, -0.2) is 0 Å². The number of anilines is 1. The van der Waals surface area contributed by atoms with Crippen molar-refractivity contribution in [2.24, 2.45) is 0 Å². The van der Waals surface area contributed by atoms with Crippen molar-refractivity contribution in [1.29, 1.82) is 0 Å². The molecule has 2 aromatic carbocycles. The number of halogens is 2. The number of benzene rings is 2. The molecular formula is C25H31Cl2N3O3. The van der Waals surface area contributed by atoms with Crippen molar-refractivity contribution in [3.05, 3.63) is 54.4 Å². The molecule has 4 rings (SSSR count). The number of methoxy groups -OCH3 is 3. The second-order valence-electron chi connectivity index (χ2n) is 7.56. The Labute approximate surface area is 208 Å². The van der Waals surface area contributed by atoms with E-state index >= 15 is 0 Å².